The molecule has 0 atom stereocenters. The van der Waals surface area contributed by atoms with Crippen LogP contribution in [0.15, 0.2) is 12.7 Å². The van der Waals surface area contributed by atoms with E-state index < -0.39 is 9.53 Å². The van der Waals surface area contributed by atoms with Gasteiger partial charge < -0.3 is 13.3 Å². The molecule has 0 saturated carbocycles. The summed E-state index contributed by atoms with van der Waals surface area (Å²) in [5.41, 5.74) is 0. The first kappa shape index (κ1) is 23.5. The third-order valence-electron chi connectivity index (χ3n) is 1.69. The Bertz CT molecular complexity index is 126. The summed E-state index contributed by atoms with van der Waals surface area (Å²) in [4.78, 5) is 0. The fourth-order valence-corrected chi connectivity index (χ4v) is 1.52. The first-order valence-corrected chi connectivity index (χ1v) is 8.22. The Morgan fingerprint density at radius 1 is 1.06 bits per heavy atom. The van der Waals surface area contributed by atoms with Crippen LogP contribution >= 0.6 is 0 Å². The predicted octanol–water partition coefficient (Wildman–Crippen LogP) is 2.88. The van der Waals surface area contributed by atoms with Gasteiger partial charge in [-0.2, -0.15) is 0 Å². The van der Waals surface area contributed by atoms with Crippen LogP contribution in [0.1, 0.15) is 39.5 Å². The van der Waals surface area contributed by atoms with E-state index in [-0.39, 0.29) is 0 Å². The molecule has 0 aliphatic heterocycles. The quantitative estimate of drug-likeness (QED) is 0.376. The van der Waals surface area contributed by atoms with Crippen molar-refractivity contribution in [3.8, 4) is 0 Å². The molecule has 0 spiro atoms. The summed E-state index contributed by atoms with van der Waals surface area (Å²) in [5.74, 6) is 0. The summed E-state index contributed by atoms with van der Waals surface area (Å²) < 4.78 is 19.0. The summed E-state index contributed by atoms with van der Waals surface area (Å²) in [6.07, 6.45) is 6.72. The molecule has 0 aromatic heterocycles. The van der Waals surface area contributed by atoms with Crippen LogP contribution in [0.5, 0.6) is 0 Å². The van der Waals surface area contributed by atoms with Crippen LogP contribution in [-0.2, 0) is 35.5 Å². The van der Waals surface area contributed by atoms with Crippen LogP contribution in [0, 0.1) is 0 Å². The first-order valence-electron chi connectivity index (χ1n) is 6.10. The van der Waals surface area contributed by atoms with Crippen molar-refractivity contribution >= 4 is 9.53 Å². The van der Waals surface area contributed by atoms with Gasteiger partial charge in [-0.25, -0.2) is 0 Å². The second-order valence-corrected chi connectivity index (χ2v) is 5.70. The summed E-state index contributed by atoms with van der Waals surface area (Å²) in [6, 6.07) is 0. The van der Waals surface area contributed by atoms with Gasteiger partial charge in [0.15, 0.2) is 0 Å². The second kappa shape index (κ2) is 26.1. The summed E-state index contributed by atoms with van der Waals surface area (Å²) in [6.45, 7) is 8.62. The zero-order chi connectivity index (χ0) is 14.6. The molecular formula is C12H29O4RuSi. The van der Waals surface area contributed by atoms with Gasteiger partial charge in [0.1, 0.15) is 0 Å². The van der Waals surface area contributed by atoms with Gasteiger partial charge in [-0.15, -0.1) is 6.58 Å². The maximum Gasteiger partial charge on any atom is 0.483 e. The molecule has 0 unspecified atom stereocenters. The SMILES string of the molecule is C=CCC.CCCCC[O][Ru].CO[SiH](OC)OC. The van der Waals surface area contributed by atoms with Crippen LogP contribution < -0.4 is 0 Å². The Morgan fingerprint density at radius 3 is 1.67 bits per heavy atom. The van der Waals surface area contributed by atoms with Crippen LogP contribution in [-0.4, -0.2) is 37.5 Å². The van der Waals surface area contributed by atoms with E-state index in [1.807, 2.05) is 6.08 Å². The van der Waals surface area contributed by atoms with Crippen molar-refractivity contribution in [2.75, 3.05) is 27.9 Å². The summed E-state index contributed by atoms with van der Waals surface area (Å²) in [5, 5.41) is 0. The molecule has 0 aromatic rings. The molecule has 0 aliphatic rings. The first-order chi connectivity index (χ1) is 8.67. The van der Waals surface area contributed by atoms with Gasteiger partial charge in [0, 0.05) is 21.3 Å². The van der Waals surface area contributed by atoms with E-state index in [0.717, 1.165) is 13.0 Å². The standard InChI is InChI=1S/C5H11O.C4H8.C3H10O3Si.Ru/c1-2-3-4-5-6;1-3-4-2;1-4-7(5-2)6-3;/h2-5H2,1H3;3H,1,4H2,2H3;7H,1-3H3;/q-1;;;+1. The van der Waals surface area contributed by atoms with Crippen molar-refractivity contribution in [2.45, 2.75) is 39.5 Å². The van der Waals surface area contributed by atoms with Crippen molar-refractivity contribution in [3.05, 3.63) is 12.7 Å². The number of allylic oxidation sites excluding steroid dienone is 1. The van der Waals surface area contributed by atoms with Crippen molar-refractivity contribution in [3.63, 3.8) is 0 Å². The molecule has 0 N–H and O–H groups in total. The Kier molecular flexibility index (Phi) is 34.1. The average molecular weight is 367 g/mol. The predicted molar refractivity (Wildman–Crippen MR) is 74.1 cm³/mol. The van der Waals surface area contributed by atoms with Crippen molar-refractivity contribution in [1.82, 2.24) is 0 Å². The second-order valence-electron chi connectivity index (χ2n) is 3.21. The van der Waals surface area contributed by atoms with Gasteiger partial charge in [-0.3, -0.25) is 0 Å². The minimum atomic E-state index is -1.67. The topological polar surface area (TPSA) is 36.9 Å². The van der Waals surface area contributed by atoms with E-state index in [9.17, 15) is 0 Å². The Morgan fingerprint density at radius 2 is 1.50 bits per heavy atom. The number of hydrogen-bond donors (Lipinski definition) is 0. The van der Waals surface area contributed by atoms with Crippen LogP contribution in [0.4, 0.5) is 0 Å². The van der Waals surface area contributed by atoms with E-state index in [2.05, 4.69) is 39.1 Å². The van der Waals surface area contributed by atoms with Crippen LogP contribution in [0.2, 0.25) is 0 Å². The van der Waals surface area contributed by atoms with Crippen LogP contribution in [0.3, 0.4) is 0 Å². The Labute approximate surface area is 125 Å². The number of rotatable bonds is 8. The molecule has 113 valence electrons. The average Bonchev–Trinajstić information content (AvgIpc) is 2.42. The normalized spacial score (nSPS) is 9.06. The molecule has 6 heteroatoms. The zero-order valence-corrected chi connectivity index (χ0v) is 15.3. The molecule has 4 nitrogen and oxygen atoms in total. The number of unbranched alkanes of at least 4 members (excludes halogenated alkanes) is 2. The molecule has 0 aliphatic carbocycles. The number of hydrogen-bond acceptors (Lipinski definition) is 4. The third kappa shape index (κ3) is 29.9. The van der Waals surface area contributed by atoms with Gasteiger partial charge in [-0.05, 0) is 6.42 Å². The zero-order valence-electron chi connectivity index (χ0n) is 12.4. The third-order valence-corrected chi connectivity index (χ3v) is 3.20. The molecule has 0 rings (SSSR count). The largest absolute Gasteiger partial charge is 0.483 e. The molecular weight excluding hydrogens is 337 g/mol. The molecule has 0 radical (unpaired) electrons. The fraction of sp³-hybridized carbons (Fsp3) is 0.833. The van der Waals surface area contributed by atoms with Crippen molar-refractivity contribution in [1.29, 1.82) is 0 Å². The maximum atomic E-state index is 4.77. The van der Waals surface area contributed by atoms with Crippen LogP contribution in [0.25, 0.3) is 0 Å². The Balaban J connectivity index is -0.000000196. The van der Waals surface area contributed by atoms with E-state index >= 15 is 0 Å². The minimum Gasteiger partial charge on any atom is -0.379 e. The molecule has 0 aromatic carbocycles. The maximum absolute atomic E-state index is 4.77. The molecule has 0 saturated heterocycles. The Hall–Kier alpha value is 0.420. The van der Waals surface area contributed by atoms with Gasteiger partial charge in [0.05, 0.1) is 0 Å². The van der Waals surface area contributed by atoms with Crippen molar-refractivity contribution in [2.24, 2.45) is 0 Å². The minimum absolute atomic E-state index is 0.893. The molecule has 0 amide bonds. The monoisotopic (exact) mass is 367 g/mol. The summed E-state index contributed by atoms with van der Waals surface area (Å²) >= 11 is 2.17. The molecule has 0 fully saturated rings. The van der Waals surface area contributed by atoms with Gasteiger partial charge >= 0.3 is 64.5 Å². The van der Waals surface area contributed by atoms with Gasteiger partial charge in [0.25, 0.3) is 0 Å². The van der Waals surface area contributed by atoms with E-state index in [1.165, 1.54) is 19.3 Å². The van der Waals surface area contributed by atoms with E-state index in [4.69, 9.17) is 16.8 Å². The summed E-state index contributed by atoms with van der Waals surface area (Å²) in [7, 11) is 3.05. The van der Waals surface area contributed by atoms with E-state index in [1.54, 1.807) is 21.3 Å². The van der Waals surface area contributed by atoms with Gasteiger partial charge in [-0.1, -0.05) is 13.0 Å². The molecule has 0 heterocycles. The molecule has 0 bridgehead atoms. The van der Waals surface area contributed by atoms with Gasteiger partial charge in [0.2, 0.25) is 0 Å². The molecule has 18 heavy (non-hydrogen) atoms. The fourth-order valence-electron chi connectivity index (χ4n) is 0.692. The smallest absolute Gasteiger partial charge is 0.379 e. The van der Waals surface area contributed by atoms with Crippen molar-refractivity contribution < 1.29 is 35.5 Å². The van der Waals surface area contributed by atoms with E-state index in [0.29, 0.717) is 0 Å².